The third-order valence-corrected chi connectivity index (χ3v) is 5.68. The summed E-state index contributed by atoms with van der Waals surface area (Å²) in [7, 11) is -0.264. The largest absolute Gasteiger partial charge is 0.497 e. The van der Waals surface area contributed by atoms with Crippen molar-refractivity contribution in [2.45, 2.75) is 24.8 Å². The number of rotatable bonds is 10. The molecule has 0 saturated heterocycles. The number of aliphatic imine (C=N–C) groups is 1. The number of methoxy groups -OCH3 is 1. The molecule has 1 unspecified atom stereocenters. The fourth-order valence-electron chi connectivity index (χ4n) is 2.58. The molecule has 0 saturated carbocycles. The lowest BCUT2D eigenvalue weighted by atomic mass is 10.2. The van der Waals surface area contributed by atoms with Gasteiger partial charge in [-0.15, -0.1) is 0 Å². The third kappa shape index (κ3) is 7.57. The second kappa shape index (κ2) is 11.4. The fraction of sp³-hybridized carbons (Fsp3) is 0.381. The summed E-state index contributed by atoms with van der Waals surface area (Å²) in [5, 5.41) is 6.24. The molecule has 0 aliphatic rings. The molecule has 9 heteroatoms. The molecule has 3 N–H and O–H groups in total. The van der Waals surface area contributed by atoms with Gasteiger partial charge in [-0.25, -0.2) is 13.1 Å². The van der Waals surface area contributed by atoms with Crippen molar-refractivity contribution in [2.75, 3.05) is 33.8 Å². The molecule has 0 spiro atoms. The number of aryl methyl sites for hydroxylation is 1. The van der Waals surface area contributed by atoms with Gasteiger partial charge in [0.05, 0.1) is 18.6 Å². The Morgan fingerprint density at radius 3 is 2.43 bits per heavy atom. The second-order valence-corrected chi connectivity index (χ2v) is 8.47. The van der Waals surface area contributed by atoms with E-state index < -0.39 is 10.0 Å². The highest BCUT2D eigenvalue weighted by molar-refractivity contribution is 7.89. The van der Waals surface area contributed by atoms with Crippen molar-refractivity contribution in [3.8, 4) is 11.5 Å². The van der Waals surface area contributed by atoms with E-state index in [1.165, 1.54) is 0 Å². The van der Waals surface area contributed by atoms with Crippen LogP contribution < -0.4 is 24.8 Å². The van der Waals surface area contributed by atoms with Crippen LogP contribution in [0.4, 0.5) is 0 Å². The van der Waals surface area contributed by atoms with Gasteiger partial charge in [-0.3, -0.25) is 4.99 Å². The van der Waals surface area contributed by atoms with E-state index in [1.54, 1.807) is 38.4 Å². The van der Waals surface area contributed by atoms with Crippen molar-refractivity contribution in [1.82, 2.24) is 15.4 Å². The zero-order valence-corrected chi connectivity index (χ0v) is 18.6. The zero-order valence-electron chi connectivity index (χ0n) is 17.8. The van der Waals surface area contributed by atoms with E-state index in [0.29, 0.717) is 19.0 Å². The molecule has 0 aliphatic carbocycles. The highest BCUT2D eigenvalue weighted by Crippen LogP contribution is 2.19. The molecule has 30 heavy (non-hydrogen) atoms. The molecular weight excluding hydrogens is 404 g/mol. The van der Waals surface area contributed by atoms with Crippen molar-refractivity contribution in [3.05, 3.63) is 54.1 Å². The SMILES string of the molecule is CN=C(NCCNS(=O)(=O)c1ccc(C)cc1)NCC(C)Oc1cccc(OC)c1. The molecule has 0 fully saturated rings. The van der Waals surface area contributed by atoms with Crippen molar-refractivity contribution < 1.29 is 17.9 Å². The predicted octanol–water partition coefficient (Wildman–Crippen LogP) is 1.91. The van der Waals surface area contributed by atoms with Gasteiger partial charge in [0.15, 0.2) is 5.96 Å². The Bertz CT molecular complexity index is 930. The first-order chi connectivity index (χ1) is 14.3. The lowest BCUT2D eigenvalue weighted by Gasteiger charge is -2.18. The Balaban J connectivity index is 1.73. The number of ether oxygens (including phenoxy) is 2. The van der Waals surface area contributed by atoms with Gasteiger partial charge < -0.3 is 20.1 Å². The molecule has 164 valence electrons. The minimum atomic E-state index is -3.53. The standard InChI is InChI=1S/C21H30N4O4S/c1-16-8-10-20(11-9-16)30(26,27)25-13-12-23-21(22-3)24-15-17(2)29-19-7-5-6-18(14-19)28-4/h5-11,14,17,25H,12-13,15H2,1-4H3,(H2,22,23,24). The maximum Gasteiger partial charge on any atom is 0.240 e. The van der Waals surface area contributed by atoms with E-state index in [2.05, 4.69) is 20.3 Å². The fourth-order valence-corrected chi connectivity index (χ4v) is 3.61. The van der Waals surface area contributed by atoms with Gasteiger partial charge in [-0.2, -0.15) is 0 Å². The summed E-state index contributed by atoms with van der Waals surface area (Å²) in [6.07, 6.45) is -0.115. The molecule has 1 atom stereocenters. The van der Waals surface area contributed by atoms with E-state index in [0.717, 1.165) is 17.1 Å². The van der Waals surface area contributed by atoms with Crippen LogP contribution in [0.1, 0.15) is 12.5 Å². The highest BCUT2D eigenvalue weighted by Gasteiger charge is 2.13. The quantitative estimate of drug-likeness (QED) is 0.300. The summed E-state index contributed by atoms with van der Waals surface area (Å²) in [6.45, 7) is 4.99. The number of sulfonamides is 1. The van der Waals surface area contributed by atoms with Crippen molar-refractivity contribution in [1.29, 1.82) is 0 Å². The molecule has 2 rings (SSSR count). The Hall–Kier alpha value is -2.78. The summed E-state index contributed by atoms with van der Waals surface area (Å²) in [5.74, 6) is 2.01. The molecule has 2 aromatic rings. The second-order valence-electron chi connectivity index (χ2n) is 6.70. The minimum absolute atomic E-state index is 0.115. The summed E-state index contributed by atoms with van der Waals surface area (Å²) in [4.78, 5) is 4.39. The highest BCUT2D eigenvalue weighted by atomic mass is 32.2. The molecular formula is C21H30N4O4S. The number of benzene rings is 2. The molecule has 0 aliphatic heterocycles. The van der Waals surface area contributed by atoms with Crippen molar-refractivity contribution in [2.24, 2.45) is 4.99 Å². The van der Waals surface area contributed by atoms with Crippen molar-refractivity contribution in [3.63, 3.8) is 0 Å². The summed E-state index contributed by atoms with van der Waals surface area (Å²) < 4.78 is 38.2. The van der Waals surface area contributed by atoms with Gasteiger partial charge in [0.25, 0.3) is 0 Å². The van der Waals surface area contributed by atoms with Crippen LogP contribution in [0, 0.1) is 6.92 Å². The normalized spacial score (nSPS) is 12.9. The maximum absolute atomic E-state index is 12.3. The van der Waals surface area contributed by atoms with E-state index in [9.17, 15) is 8.42 Å². The number of guanidine groups is 1. The minimum Gasteiger partial charge on any atom is -0.497 e. The Labute approximate surface area is 178 Å². The van der Waals surface area contributed by atoms with Gasteiger partial charge in [0.2, 0.25) is 10.0 Å². The van der Waals surface area contributed by atoms with Crippen LogP contribution in [0.3, 0.4) is 0 Å². The summed E-state index contributed by atoms with van der Waals surface area (Å²) >= 11 is 0. The molecule has 0 amide bonds. The maximum atomic E-state index is 12.3. The van der Waals surface area contributed by atoms with Crippen LogP contribution in [-0.4, -0.2) is 54.3 Å². The van der Waals surface area contributed by atoms with Gasteiger partial charge in [-0.05, 0) is 38.1 Å². The first-order valence-corrected chi connectivity index (χ1v) is 11.1. The number of hydrogen-bond acceptors (Lipinski definition) is 5. The zero-order chi connectivity index (χ0) is 22.0. The van der Waals surface area contributed by atoms with E-state index in [-0.39, 0.29) is 17.5 Å². The smallest absolute Gasteiger partial charge is 0.240 e. The number of nitrogens with zero attached hydrogens (tertiary/aromatic N) is 1. The predicted molar refractivity (Wildman–Crippen MR) is 119 cm³/mol. The first kappa shape index (κ1) is 23.5. The van der Waals surface area contributed by atoms with E-state index in [1.807, 2.05) is 38.1 Å². The monoisotopic (exact) mass is 434 g/mol. The Kier molecular flexibility index (Phi) is 8.94. The molecule has 0 bridgehead atoms. The third-order valence-electron chi connectivity index (χ3n) is 4.20. The van der Waals surface area contributed by atoms with Crippen LogP contribution in [0.5, 0.6) is 11.5 Å². The Morgan fingerprint density at radius 1 is 1.07 bits per heavy atom. The van der Waals surface area contributed by atoms with Gasteiger partial charge in [0, 0.05) is 26.2 Å². The van der Waals surface area contributed by atoms with Crippen molar-refractivity contribution >= 4 is 16.0 Å². The average molecular weight is 435 g/mol. The lowest BCUT2D eigenvalue weighted by Crippen LogP contribution is -2.44. The van der Waals surface area contributed by atoms with Crippen LogP contribution in [0.25, 0.3) is 0 Å². The Morgan fingerprint density at radius 2 is 1.77 bits per heavy atom. The van der Waals surface area contributed by atoms with Gasteiger partial charge in [0.1, 0.15) is 17.6 Å². The van der Waals surface area contributed by atoms with Crippen LogP contribution in [0.2, 0.25) is 0 Å². The van der Waals surface area contributed by atoms with E-state index in [4.69, 9.17) is 9.47 Å². The topological polar surface area (TPSA) is 101 Å². The molecule has 0 heterocycles. The first-order valence-electron chi connectivity index (χ1n) is 9.65. The lowest BCUT2D eigenvalue weighted by molar-refractivity contribution is 0.223. The molecule has 0 radical (unpaired) electrons. The van der Waals surface area contributed by atoms with Crippen LogP contribution in [0.15, 0.2) is 58.4 Å². The molecule has 0 aromatic heterocycles. The molecule has 8 nitrogen and oxygen atoms in total. The van der Waals surface area contributed by atoms with Gasteiger partial charge >= 0.3 is 0 Å². The summed E-state index contributed by atoms with van der Waals surface area (Å²) in [5.41, 5.74) is 1.01. The average Bonchev–Trinajstić information content (AvgIpc) is 2.73. The van der Waals surface area contributed by atoms with E-state index >= 15 is 0 Å². The number of nitrogens with one attached hydrogen (secondary N) is 3. The van der Waals surface area contributed by atoms with Crippen LogP contribution in [-0.2, 0) is 10.0 Å². The van der Waals surface area contributed by atoms with Crippen LogP contribution >= 0.6 is 0 Å². The number of hydrogen-bond donors (Lipinski definition) is 3. The molecule has 2 aromatic carbocycles. The summed E-state index contributed by atoms with van der Waals surface area (Å²) in [6, 6.07) is 14.1. The van der Waals surface area contributed by atoms with Gasteiger partial charge in [-0.1, -0.05) is 23.8 Å².